The van der Waals surface area contributed by atoms with Crippen LogP contribution in [0.1, 0.15) is 48.5 Å². The number of ether oxygens (including phenoxy) is 1. The lowest BCUT2D eigenvalue weighted by atomic mass is 10.2. The highest BCUT2D eigenvalue weighted by molar-refractivity contribution is 7.99. The zero-order chi connectivity index (χ0) is 22.7. The number of benzene rings is 1. The monoisotopic (exact) mass is 450 g/mol. The molecule has 1 saturated carbocycles. The minimum absolute atomic E-state index is 0.154. The summed E-state index contributed by atoms with van der Waals surface area (Å²) < 4.78 is 9.26. The largest absolute Gasteiger partial charge is 0.497 e. The predicted molar refractivity (Wildman–Crippen MR) is 123 cm³/mol. The summed E-state index contributed by atoms with van der Waals surface area (Å²) in [6, 6.07) is 10.2. The Morgan fingerprint density at radius 2 is 2.12 bits per heavy atom. The molecule has 1 aliphatic carbocycles. The second kappa shape index (κ2) is 9.49. The molecule has 9 heteroatoms. The number of amides is 1. The first kappa shape index (κ1) is 22.0. The van der Waals surface area contributed by atoms with Gasteiger partial charge in [-0.3, -0.25) is 9.36 Å². The summed E-state index contributed by atoms with van der Waals surface area (Å²) in [4.78, 5) is 12.9. The second-order valence-corrected chi connectivity index (χ2v) is 8.82. The van der Waals surface area contributed by atoms with Gasteiger partial charge in [-0.15, -0.1) is 10.2 Å². The molecule has 3 aromatic rings. The number of hydrogen-bond donors (Lipinski definition) is 1. The Morgan fingerprint density at radius 1 is 1.34 bits per heavy atom. The van der Waals surface area contributed by atoms with E-state index in [0.29, 0.717) is 22.6 Å². The van der Waals surface area contributed by atoms with E-state index in [1.807, 2.05) is 42.7 Å². The van der Waals surface area contributed by atoms with Gasteiger partial charge in [-0.25, -0.2) is 0 Å². The van der Waals surface area contributed by atoms with E-state index < -0.39 is 0 Å². The molecule has 0 spiro atoms. The SMILES string of the molecule is COc1cccc(-n2cnnc2SCC(=O)Nc2c(C#N)c(C)c(C)n2C2CCCC2)c1. The summed E-state index contributed by atoms with van der Waals surface area (Å²) in [7, 11) is 1.62. The molecule has 0 atom stereocenters. The van der Waals surface area contributed by atoms with Gasteiger partial charge >= 0.3 is 0 Å². The number of hydrogen-bond acceptors (Lipinski definition) is 6. The van der Waals surface area contributed by atoms with Crippen molar-refractivity contribution in [2.24, 2.45) is 0 Å². The highest BCUT2D eigenvalue weighted by Gasteiger charge is 2.26. The van der Waals surface area contributed by atoms with Crippen LogP contribution in [0.25, 0.3) is 5.69 Å². The van der Waals surface area contributed by atoms with E-state index in [-0.39, 0.29) is 11.7 Å². The molecule has 0 bridgehead atoms. The van der Waals surface area contributed by atoms with E-state index >= 15 is 0 Å². The Hall–Kier alpha value is -3.25. The fourth-order valence-electron chi connectivity index (χ4n) is 4.26. The molecule has 166 valence electrons. The zero-order valence-corrected chi connectivity index (χ0v) is 19.3. The molecule has 32 heavy (non-hydrogen) atoms. The van der Waals surface area contributed by atoms with Crippen molar-refractivity contribution in [3.05, 3.63) is 47.4 Å². The maximum absolute atomic E-state index is 12.9. The van der Waals surface area contributed by atoms with Crippen LogP contribution in [0.3, 0.4) is 0 Å². The maximum Gasteiger partial charge on any atom is 0.235 e. The van der Waals surface area contributed by atoms with Crippen LogP contribution in [0.4, 0.5) is 5.82 Å². The zero-order valence-electron chi connectivity index (χ0n) is 18.5. The molecule has 8 nitrogen and oxygen atoms in total. The van der Waals surface area contributed by atoms with Gasteiger partial charge in [0.2, 0.25) is 5.91 Å². The van der Waals surface area contributed by atoms with Crippen molar-refractivity contribution in [1.82, 2.24) is 19.3 Å². The molecule has 0 unspecified atom stereocenters. The highest BCUT2D eigenvalue weighted by Crippen LogP contribution is 2.37. The number of carbonyl (C=O) groups is 1. The van der Waals surface area contributed by atoms with Crippen LogP contribution in [0.2, 0.25) is 0 Å². The van der Waals surface area contributed by atoms with Gasteiger partial charge in [0.1, 0.15) is 24.0 Å². The van der Waals surface area contributed by atoms with E-state index in [9.17, 15) is 10.1 Å². The number of carbonyl (C=O) groups excluding carboxylic acids is 1. The average Bonchev–Trinajstić information content (AvgIpc) is 3.54. The lowest BCUT2D eigenvalue weighted by Gasteiger charge is -2.19. The normalized spacial score (nSPS) is 13.8. The Labute approximate surface area is 191 Å². The van der Waals surface area contributed by atoms with Crippen molar-refractivity contribution in [2.45, 2.75) is 50.7 Å². The maximum atomic E-state index is 12.9. The number of aromatic nitrogens is 4. The highest BCUT2D eigenvalue weighted by atomic mass is 32.2. The van der Waals surface area contributed by atoms with Gasteiger partial charge in [0.05, 0.1) is 24.1 Å². The van der Waals surface area contributed by atoms with Crippen molar-refractivity contribution in [3.8, 4) is 17.5 Å². The van der Waals surface area contributed by atoms with Crippen LogP contribution in [0.15, 0.2) is 35.7 Å². The number of nitrogens with one attached hydrogen (secondary N) is 1. The predicted octanol–water partition coefficient (Wildman–Crippen LogP) is 4.41. The molecule has 1 fully saturated rings. The van der Waals surface area contributed by atoms with Crippen LogP contribution in [0.5, 0.6) is 5.75 Å². The van der Waals surface area contributed by atoms with Crippen LogP contribution >= 0.6 is 11.8 Å². The van der Waals surface area contributed by atoms with E-state index in [1.165, 1.54) is 24.6 Å². The number of anilines is 1. The number of rotatable bonds is 7. The van der Waals surface area contributed by atoms with Crippen LogP contribution in [-0.2, 0) is 4.79 Å². The van der Waals surface area contributed by atoms with Crippen LogP contribution in [0, 0.1) is 25.2 Å². The number of nitriles is 1. The summed E-state index contributed by atoms with van der Waals surface area (Å²) >= 11 is 1.30. The van der Waals surface area contributed by atoms with Crippen LogP contribution in [-0.4, -0.2) is 38.1 Å². The Bertz CT molecular complexity index is 1170. The molecule has 1 amide bonds. The fourth-order valence-corrected chi connectivity index (χ4v) is 4.99. The number of nitrogens with zero attached hydrogens (tertiary/aromatic N) is 5. The van der Waals surface area contributed by atoms with Crippen LogP contribution < -0.4 is 10.1 Å². The molecule has 2 aromatic heterocycles. The fraction of sp³-hybridized carbons (Fsp3) is 0.391. The molecular weight excluding hydrogens is 424 g/mol. The Balaban J connectivity index is 1.51. The third-order valence-electron chi connectivity index (χ3n) is 6.00. The van der Waals surface area contributed by atoms with Crippen molar-refractivity contribution in [3.63, 3.8) is 0 Å². The molecular formula is C23H26N6O2S. The van der Waals surface area contributed by atoms with Gasteiger partial charge in [0.15, 0.2) is 5.16 Å². The Kier molecular flexibility index (Phi) is 6.51. The van der Waals surface area contributed by atoms with E-state index in [2.05, 4.69) is 26.2 Å². The number of methoxy groups -OCH3 is 1. The van der Waals surface area contributed by atoms with E-state index in [0.717, 1.165) is 35.5 Å². The van der Waals surface area contributed by atoms with Gasteiger partial charge in [-0.1, -0.05) is 30.7 Å². The molecule has 0 saturated heterocycles. The van der Waals surface area contributed by atoms with Crippen molar-refractivity contribution >= 4 is 23.5 Å². The molecule has 4 rings (SSSR count). The van der Waals surface area contributed by atoms with E-state index in [4.69, 9.17) is 4.74 Å². The molecule has 0 aliphatic heterocycles. The second-order valence-electron chi connectivity index (χ2n) is 7.88. The lowest BCUT2D eigenvalue weighted by Crippen LogP contribution is -2.20. The lowest BCUT2D eigenvalue weighted by molar-refractivity contribution is -0.113. The van der Waals surface area contributed by atoms with Gasteiger partial charge in [0, 0.05) is 17.8 Å². The minimum Gasteiger partial charge on any atom is -0.497 e. The summed E-state index contributed by atoms with van der Waals surface area (Å²) in [6.45, 7) is 3.97. The van der Waals surface area contributed by atoms with Crippen molar-refractivity contribution < 1.29 is 9.53 Å². The van der Waals surface area contributed by atoms with Gasteiger partial charge in [0.25, 0.3) is 0 Å². The van der Waals surface area contributed by atoms with Gasteiger partial charge < -0.3 is 14.6 Å². The minimum atomic E-state index is -0.177. The first-order chi connectivity index (χ1) is 15.5. The van der Waals surface area contributed by atoms with Crippen molar-refractivity contribution in [2.75, 3.05) is 18.2 Å². The van der Waals surface area contributed by atoms with E-state index in [1.54, 1.807) is 13.4 Å². The summed E-state index contributed by atoms with van der Waals surface area (Å²) in [5.41, 5.74) is 3.38. The van der Waals surface area contributed by atoms with Gasteiger partial charge in [-0.2, -0.15) is 5.26 Å². The summed E-state index contributed by atoms with van der Waals surface area (Å²) in [5.74, 6) is 1.33. The number of thioether (sulfide) groups is 1. The molecule has 1 aliphatic rings. The summed E-state index contributed by atoms with van der Waals surface area (Å²) in [5, 5.41) is 21.5. The van der Waals surface area contributed by atoms with Crippen molar-refractivity contribution in [1.29, 1.82) is 5.26 Å². The Morgan fingerprint density at radius 3 is 2.84 bits per heavy atom. The first-order valence-corrected chi connectivity index (χ1v) is 11.6. The molecule has 2 heterocycles. The standard InChI is InChI=1S/C23H26N6O2S/c1-15-16(2)29(17-7-4-5-8-17)22(20(15)12-24)26-21(30)13-32-23-27-25-14-28(23)18-9-6-10-19(11-18)31-3/h6,9-11,14,17H,4-5,7-8,13H2,1-3H3,(H,26,30). The quantitative estimate of drug-likeness (QED) is 0.536. The third-order valence-corrected chi connectivity index (χ3v) is 6.94. The third kappa shape index (κ3) is 4.23. The smallest absolute Gasteiger partial charge is 0.235 e. The summed E-state index contributed by atoms with van der Waals surface area (Å²) in [6.07, 6.45) is 6.10. The average molecular weight is 451 g/mol. The topological polar surface area (TPSA) is 97.8 Å². The molecule has 1 N–H and O–H groups in total. The molecule has 0 radical (unpaired) electrons. The molecule has 1 aromatic carbocycles. The van der Waals surface area contributed by atoms with Gasteiger partial charge in [-0.05, 0) is 44.4 Å². The first-order valence-electron chi connectivity index (χ1n) is 10.6.